The second-order valence-electron chi connectivity index (χ2n) is 6.16. The number of rotatable bonds is 3. The van der Waals surface area contributed by atoms with E-state index >= 15 is 0 Å². The first-order chi connectivity index (χ1) is 11.5. The third-order valence-corrected chi connectivity index (χ3v) is 4.41. The minimum absolute atomic E-state index is 0.0623. The molecule has 0 aliphatic carbocycles. The summed E-state index contributed by atoms with van der Waals surface area (Å²) in [7, 11) is 0. The molecule has 2 atom stereocenters. The molecule has 1 aromatic carbocycles. The minimum atomic E-state index is -0.746. The number of benzene rings is 1. The summed E-state index contributed by atoms with van der Waals surface area (Å²) in [5.41, 5.74) is 0.418. The van der Waals surface area contributed by atoms with Crippen LogP contribution in [0.5, 0.6) is 0 Å². The van der Waals surface area contributed by atoms with Crippen molar-refractivity contribution in [1.82, 2.24) is 14.7 Å². The van der Waals surface area contributed by atoms with Crippen molar-refractivity contribution in [3.63, 3.8) is 0 Å². The number of carbonyl (C=O) groups excluding carboxylic acids is 1. The Kier molecular flexibility index (Phi) is 4.62. The van der Waals surface area contributed by atoms with E-state index in [1.807, 2.05) is 0 Å². The van der Waals surface area contributed by atoms with Crippen LogP contribution in [-0.4, -0.2) is 44.9 Å². The minimum Gasteiger partial charge on any atom is -0.393 e. The van der Waals surface area contributed by atoms with Gasteiger partial charge in [0.1, 0.15) is 11.5 Å². The van der Waals surface area contributed by atoms with Crippen LogP contribution >= 0.6 is 0 Å². The quantitative estimate of drug-likeness (QED) is 0.937. The molecule has 1 amide bonds. The topological polar surface area (TPSA) is 58.4 Å². The number of carbonyl (C=O) groups is 1. The first kappa shape index (κ1) is 16.6. The van der Waals surface area contributed by atoms with Crippen LogP contribution in [0, 0.1) is 17.6 Å². The molecule has 24 heavy (non-hydrogen) atoms. The molecule has 0 spiro atoms. The zero-order valence-electron chi connectivity index (χ0n) is 13.3. The van der Waals surface area contributed by atoms with E-state index in [-0.39, 0.29) is 17.5 Å². The molecule has 1 N–H and O–H groups in total. The maximum absolute atomic E-state index is 13.8. The Bertz CT molecular complexity index is 745. The molecule has 0 radical (unpaired) electrons. The monoisotopic (exact) mass is 335 g/mol. The van der Waals surface area contributed by atoms with Gasteiger partial charge in [-0.25, -0.2) is 13.5 Å². The van der Waals surface area contributed by atoms with Gasteiger partial charge in [-0.3, -0.25) is 4.79 Å². The summed E-state index contributed by atoms with van der Waals surface area (Å²) < 4.78 is 28.0. The molecule has 1 aromatic heterocycles. The number of hydrogen-bond acceptors (Lipinski definition) is 3. The summed E-state index contributed by atoms with van der Waals surface area (Å²) >= 11 is 0. The Labute approximate surface area is 138 Å². The van der Waals surface area contributed by atoms with Gasteiger partial charge in [0.2, 0.25) is 0 Å². The molecule has 128 valence electrons. The van der Waals surface area contributed by atoms with Crippen LogP contribution in [0.3, 0.4) is 0 Å². The number of aliphatic hydroxyl groups excluding tert-OH is 1. The molecule has 1 saturated heterocycles. The lowest BCUT2D eigenvalue weighted by Gasteiger charge is -2.33. The summed E-state index contributed by atoms with van der Waals surface area (Å²) in [5, 5.41) is 13.7. The highest BCUT2D eigenvalue weighted by molar-refractivity contribution is 5.93. The van der Waals surface area contributed by atoms with Crippen molar-refractivity contribution in [3.05, 3.63) is 47.8 Å². The van der Waals surface area contributed by atoms with Crippen molar-refractivity contribution in [2.75, 3.05) is 13.1 Å². The smallest absolute Gasteiger partial charge is 0.257 e. The van der Waals surface area contributed by atoms with Gasteiger partial charge >= 0.3 is 0 Å². The van der Waals surface area contributed by atoms with Gasteiger partial charge in [-0.1, -0.05) is 0 Å². The first-order valence-corrected chi connectivity index (χ1v) is 7.93. The molecule has 1 fully saturated rings. The molecular formula is C17H19F2N3O2. The van der Waals surface area contributed by atoms with E-state index in [1.54, 1.807) is 11.8 Å². The summed E-state index contributed by atoms with van der Waals surface area (Å²) in [6.07, 6.45) is 4.07. The number of hydrogen-bond donors (Lipinski definition) is 1. The molecule has 0 saturated carbocycles. The number of aromatic nitrogens is 2. The average molecular weight is 335 g/mol. The highest BCUT2D eigenvalue weighted by Crippen LogP contribution is 2.22. The van der Waals surface area contributed by atoms with Crippen molar-refractivity contribution in [2.24, 2.45) is 5.92 Å². The van der Waals surface area contributed by atoms with Gasteiger partial charge in [-0.05, 0) is 31.9 Å². The molecule has 5 nitrogen and oxygen atoms in total. The second-order valence-corrected chi connectivity index (χ2v) is 6.16. The van der Waals surface area contributed by atoms with Crippen LogP contribution < -0.4 is 0 Å². The van der Waals surface area contributed by atoms with Crippen LogP contribution in [-0.2, 0) is 0 Å². The molecule has 2 aromatic rings. The molecular weight excluding hydrogens is 316 g/mol. The van der Waals surface area contributed by atoms with Crippen molar-refractivity contribution < 1.29 is 18.7 Å². The van der Waals surface area contributed by atoms with Gasteiger partial charge < -0.3 is 10.0 Å². The second kappa shape index (κ2) is 6.68. The number of amides is 1. The standard InChI is InChI=1S/C17H19F2N3O2/c1-11(23)12-3-2-6-21(9-12)17(24)13-8-20-22(10-13)16-5-4-14(18)7-15(16)19/h4-5,7-8,10-12,23H,2-3,6,9H2,1H3. The lowest BCUT2D eigenvalue weighted by Crippen LogP contribution is -2.42. The fourth-order valence-electron chi connectivity index (χ4n) is 3.00. The van der Waals surface area contributed by atoms with Gasteiger partial charge in [0, 0.05) is 31.3 Å². The van der Waals surface area contributed by atoms with E-state index in [2.05, 4.69) is 5.10 Å². The maximum atomic E-state index is 13.8. The SMILES string of the molecule is CC(O)C1CCCN(C(=O)c2cnn(-c3ccc(F)cc3F)c2)C1. The fraction of sp³-hybridized carbons (Fsp3) is 0.412. The van der Waals surface area contributed by atoms with Crippen LogP contribution in [0.4, 0.5) is 8.78 Å². The Hall–Kier alpha value is -2.28. The molecule has 1 aliphatic rings. The van der Waals surface area contributed by atoms with Gasteiger partial charge in [0.15, 0.2) is 5.82 Å². The number of aliphatic hydroxyl groups is 1. The van der Waals surface area contributed by atoms with E-state index in [0.717, 1.165) is 25.0 Å². The summed E-state index contributed by atoms with van der Waals surface area (Å²) in [6, 6.07) is 3.19. The zero-order chi connectivity index (χ0) is 17.3. The molecule has 3 rings (SSSR count). The fourth-order valence-corrected chi connectivity index (χ4v) is 3.00. The Morgan fingerprint density at radius 1 is 1.42 bits per heavy atom. The molecule has 0 bridgehead atoms. The number of nitrogens with zero attached hydrogens (tertiary/aromatic N) is 3. The predicted octanol–water partition coefficient (Wildman–Crippen LogP) is 2.38. The van der Waals surface area contributed by atoms with Crippen molar-refractivity contribution >= 4 is 5.91 Å². The molecule has 2 unspecified atom stereocenters. The Morgan fingerprint density at radius 3 is 2.92 bits per heavy atom. The lowest BCUT2D eigenvalue weighted by atomic mass is 9.93. The highest BCUT2D eigenvalue weighted by atomic mass is 19.1. The largest absolute Gasteiger partial charge is 0.393 e. The van der Waals surface area contributed by atoms with Crippen molar-refractivity contribution in [1.29, 1.82) is 0 Å². The Morgan fingerprint density at radius 2 is 2.21 bits per heavy atom. The molecule has 1 aliphatic heterocycles. The first-order valence-electron chi connectivity index (χ1n) is 7.93. The van der Waals surface area contributed by atoms with E-state index in [9.17, 15) is 18.7 Å². The van der Waals surface area contributed by atoms with Crippen LogP contribution in [0.2, 0.25) is 0 Å². The van der Waals surface area contributed by atoms with Gasteiger partial charge in [0.25, 0.3) is 5.91 Å². The third kappa shape index (κ3) is 3.31. The maximum Gasteiger partial charge on any atom is 0.257 e. The van der Waals surface area contributed by atoms with E-state index in [0.29, 0.717) is 18.7 Å². The number of piperidine rings is 1. The van der Waals surface area contributed by atoms with Crippen molar-refractivity contribution in [3.8, 4) is 5.69 Å². The zero-order valence-corrected chi connectivity index (χ0v) is 13.3. The average Bonchev–Trinajstić information content (AvgIpc) is 3.04. The summed E-state index contributed by atoms with van der Waals surface area (Å²) in [5.74, 6) is -1.55. The number of likely N-dealkylation sites (tertiary alicyclic amines) is 1. The van der Waals surface area contributed by atoms with Gasteiger partial charge in [-0.2, -0.15) is 5.10 Å². The predicted molar refractivity (Wildman–Crippen MR) is 83.8 cm³/mol. The summed E-state index contributed by atoms with van der Waals surface area (Å²) in [6.45, 7) is 2.85. The van der Waals surface area contributed by atoms with Gasteiger partial charge in [0.05, 0.1) is 17.9 Å². The van der Waals surface area contributed by atoms with Crippen molar-refractivity contribution in [2.45, 2.75) is 25.9 Å². The van der Waals surface area contributed by atoms with Crippen LogP contribution in [0.25, 0.3) is 5.69 Å². The number of halogens is 2. The highest BCUT2D eigenvalue weighted by Gasteiger charge is 2.27. The van der Waals surface area contributed by atoms with Crippen LogP contribution in [0.1, 0.15) is 30.1 Å². The molecule has 2 heterocycles. The Balaban J connectivity index is 1.78. The van der Waals surface area contributed by atoms with E-state index < -0.39 is 17.7 Å². The third-order valence-electron chi connectivity index (χ3n) is 4.41. The van der Waals surface area contributed by atoms with Gasteiger partial charge in [-0.15, -0.1) is 0 Å². The van der Waals surface area contributed by atoms with E-state index in [1.165, 1.54) is 23.1 Å². The van der Waals surface area contributed by atoms with E-state index in [4.69, 9.17) is 0 Å². The summed E-state index contributed by atoms with van der Waals surface area (Å²) in [4.78, 5) is 14.3. The van der Waals surface area contributed by atoms with Crippen LogP contribution in [0.15, 0.2) is 30.6 Å². The normalized spacial score (nSPS) is 19.3. The molecule has 7 heteroatoms. The lowest BCUT2D eigenvalue weighted by molar-refractivity contribution is 0.0466.